The smallest absolute Gasteiger partial charge is 0.305 e. The summed E-state index contributed by atoms with van der Waals surface area (Å²) in [6, 6.07) is 0. The molecule has 0 amide bonds. The molecule has 127 valence electrons. The third-order valence-electron chi connectivity index (χ3n) is 3.73. The molecule has 5 heteroatoms. The molecule has 22 heavy (non-hydrogen) atoms. The Bertz CT molecular complexity index is 377. The van der Waals surface area contributed by atoms with Gasteiger partial charge in [-0.15, -0.1) is 0 Å². The topological polar surface area (TPSA) is 69.7 Å². The van der Waals surface area contributed by atoms with Crippen LogP contribution in [0.1, 0.15) is 66.2 Å². The maximum absolute atomic E-state index is 11.9. The van der Waals surface area contributed by atoms with E-state index < -0.39 is 17.5 Å². The Hall–Kier alpha value is -1.39. The minimum absolute atomic E-state index is 0.0322. The molecule has 0 aliphatic rings. The van der Waals surface area contributed by atoms with Crippen molar-refractivity contribution in [3.8, 4) is 0 Å². The minimum atomic E-state index is -0.854. The van der Waals surface area contributed by atoms with E-state index in [2.05, 4.69) is 6.92 Å². The number of carbonyl (C=O) groups is 3. The van der Waals surface area contributed by atoms with Gasteiger partial charge in [0.1, 0.15) is 11.4 Å². The van der Waals surface area contributed by atoms with Crippen LogP contribution in [-0.2, 0) is 23.9 Å². The highest BCUT2D eigenvalue weighted by Gasteiger charge is 2.42. The summed E-state index contributed by atoms with van der Waals surface area (Å²) >= 11 is 0. The third kappa shape index (κ3) is 6.58. The molecule has 0 aromatic carbocycles. The Kier molecular flexibility index (Phi) is 9.70. The number of Topliss-reactive ketones (excluding diaryl/α,β-unsaturated/α-hetero) is 1. The van der Waals surface area contributed by atoms with E-state index in [4.69, 9.17) is 9.47 Å². The lowest BCUT2D eigenvalue weighted by atomic mass is 9.76. The average Bonchev–Trinajstić information content (AvgIpc) is 2.43. The van der Waals surface area contributed by atoms with E-state index in [1.165, 1.54) is 13.8 Å². The monoisotopic (exact) mass is 313 g/mol. The normalized spacial score (nSPS) is 14.8. The quantitative estimate of drug-likeness (QED) is 0.432. The molecule has 0 aromatic rings. The first-order chi connectivity index (χ1) is 10.3. The molecule has 0 spiro atoms. The number of hydrogen-bond donors (Lipinski definition) is 0. The zero-order valence-corrected chi connectivity index (χ0v) is 14.3. The van der Waals surface area contributed by atoms with Gasteiger partial charge in [-0.3, -0.25) is 14.4 Å². The second-order valence-corrected chi connectivity index (χ2v) is 5.54. The highest BCUT2D eigenvalue weighted by molar-refractivity contribution is 5.80. The molecule has 0 N–H and O–H groups in total. The number of esters is 2. The van der Waals surface area contributed by atoms with Gasteiger partial charge in [0.2, 0.25) is 0 Å². The molecule has 0 aliphatic carbocycles. The second kappa shape index (κ2) is 10.4. The largest absolute Gasteiger partial charge is 0.466 e. The van der Waals surface area contributed by atoms with Gasteiger partial charge in [-0.1, -0.05) is 27.2 Å². The first kappa shape index (κ1) is 20.6. The Balaban J connectivity index is 5.05. The maximum Gasteiger partial charge on any atom is 0.305 e. The summed E-state index contributed by atoms with van der Waals surface area (Å²) < 4.78 is 10.6. The first-order valence-corrected chi connectivity index (χ1v) is 7.97. The molecule has 0 aliphatic heterocycles. The zero-order valence-electron chi connectivity index (χ0n) is 14.3. The van der Waals surface area contributed by atoms with Crippen LogP contribution >= 0.6 is 0 Å². The summed E-state index contributed by atoms with van der Waals surface area (Å²) in [7, 11) is 0. The van der Waals surface area contributed by atoms with Crippen molar-refractivity contribution in [3.05, 3.63) is 6.92 Å². The van der Waals surface area contributed by atoms with E-state index >= 15 is 0 Å². The van der Waals surface area contributed by atoms with Crippen LogP contribution in [0.4, 0.5) is 0 Å². The fraction of sp³-hybridized carbons (Fsp3) is 0.765. The van der Waals surface area contributed by atoms with Crippen LogP contribution in [-0.4, -0.2) is 29.9 Å². The summed E-state index contributed by atoms with van der Waals surface area (Å²) in [6.45, 7) is 10.7. The van der Waals surface area contributed by atoms with Gasteiger partial charge in [-0.2, -0.15) is 0 Å². The number of carbonyl (C=O) groups excluding carboxylic acids is 3. The van der Waals surface area contributed by atoms with Crippen molar-refractivity contribution in [1.82, 2.24) is 0 Å². The van der Waals surface area contributed by atoms with Gasteiger partial charge in [0, 0.05) is 13.3 Å². The fourth-order valence-electron chi connectivity index (χ4n) is 2.85. The van der Waals surface area contributed by atoms with Gasteiger partial charge < -0.3 is 9.47 Å². The number of rotatable bonds is 11. The Morgan fingerprint density at radius 1 is 1.14 bits per heavy atom. The second-order valence-electron chi connectivity index (χ2n) is 5.54. The average molecular weight is 313 g/mol. The zero-order chi connectivity index (χ0) is 17.2. The van der Waals surface area contributed by atoms with Crippen molar-refractivity contribution in [1.29, 1.82) is 0 Å². The highest BCUT2D eigenvalue weighted by Crippen LogP contribution is 2.35. The van der Waals surface area contributed by atoms with E-state index in [0.29, 0.717) is 32.1 Å². The number of hydrogen-bond acceptors (Lipinski definition) is 5. The van der Waals surface area contributed by atoms with Crippen LogP contribution in [0.15, 0.2) is 0 Å². The molecular formula is C17H29O5. The van der Waals surface area contributed by atoms with Crippen molar-refractivity contribution in [2.45, 2.75) is 71.8 Å². The molecule has 5 nitrogen and oxygen atoms in total. The van der Waals surface area contributed by atoms with Crippen LogP contribution in [0.25, 0.3) is 0 Å². The van der Waals surface area contributed by atoms with E-state index in [1.807, 2.05) is 6.92 Å². The van der Waals surface area contributed by atoms with Gasteiger partial charge >= 0.3 is 11.9 Å². The van der Waals surface area contributed by atoms with Crippen molar-refractivity contribution >= 4 is 17.7 Å². The third-order valence-corrected chi connectivity index (χ3v) is 3.73. The van der Waals surface area contributed by atoms with Gasteiger partial charge in [0.15, 0.2) is 0 Å². The minimum Gasteiger partial charge on any atom is -0.466 e. The Morgan fingerprint density at radius 2 is 1.77 bits per heavy atom. The molecule has 0 saturated carbocycles. The molecule has 2 atom stereocenters. The molecule has 0 aromatic heterocycles. The summed E-state index contributed by atoms with van der Waals surface area (Å²) in [6.07, 6.45) is 3.11. The summed E-state index contributed by atoms with van der Waals surface area (Å²) in [4.78, 5) is 34.6. The molecule has 0 bridgehead atoms. The van der Waals surface area contributed by atoms with E-state index in [1.54, 1.807) is 6.92 Å². The van der Waals surface area contributed by atoms with Gasteiger partial charge in [-0.05, 0) is 32.6 Å². The number of ketones is 1. The fourth-order valence-corrected chi connectivity index (χ4v) is 2.85. The van der Waals surface area contributed by atoms with Crippen LogP contribution in [0, 0.1) is 12.8 Å². The van der Waals surface area contributed by atoms with Crippen LogP contribution in [0.2, 0.25) is 0 Å². The number of ether oxygens (including phenoxy) is 2. The van der Waals surface area contributed by atoms with Gasteiger partial charge in [0.05, 0.1) is 12.5 Å². The SMILES string of the molecule is [CH2]CC(C(C)=O)C(CCC)(CCCOC(=O)CC)OC(C)=O. The lowest BCUT2D eigenvalue weighted by molar-refractivity contribution is -0.169. The van der Waals surface area contributed by atoms with Crippen LogP contribution in [0.5, 0.6) is 0 Å². The Labute approximate surface area is 133 Å². The molecule has 0 fully saturated rings. The van der Waals surface area contributed by atoms with Crippen molar-refractivity contribution < 1.29 is 23.9 Å². The Morgan fingerprint density at radius 3 is 2.18 bits per heavy atom. The van der Waals surface area contributed by atoms with E-state index in [-0.39, 0.29) is 18.4 Å². The van der Waals surface area contributed by atoms with Crippen molar-refractivity contribution in [3.63, 3.8) is 0 Å². The van der Waals surface area contributed by atoms with Crippen LogP contribution in [0.3, 0.4) is 0 Å². The molecule has 2 unspecified atom stereocenters. The van der Waals surface area contributed by atoms with Crippen LogP contribution < -0.4 is 0 Å². The lowest BCUT2D eigenvalue weighted by Crippen LogP contribution is -2.45. The molecular weight excluding hydrogens is 284 g/mol. The molecule has 0 rings (SSSR count). The van der Waals surface area contributed by atoms with E-state index in [9.17, 15) is 14.4 Å². The summed E-state index contributed by atoms with van der Waals surface area (Å²) in [5.41, 5.74) is -0.854. The van der Waals surface area contributed by atoms with Crippen molar-refractivity contribution in [2.24, 2.45) is 5.92 Å². The highest BCUT2D eigenvalue weighted by atomic mass is 16.6. The van der Waals surface area contributed by atoms with E-state index in [0.717, 1.165) is 6.42 Å². The maximum atomic E-state index is 11.9. The summed E-state index contributed by atoms with van der Waals surface area (Å²) in [5.74, 6) is -1.12. The van der Waals surface area contributed by atoms with Gasteiger partial charge in [-0.25, -0.2) is 0 Å². The first-order valence-electron chi connectivity index (χ1n) is 7.97. The van der Waals surface area contributed by atoms with Crippen molar-refractivity contribution in [2.75, 3.05) is 6.61 Å². The summed E-state index contributed by atoms with van der Waals surface area (Å²) in [5, 5.41) is 0. The molecule has 1 radical (unpaired) electrons. The van der Waals surface area contributed by atoms with Gasteiger partial charge in [0.25, 0.3) is 0 Å². The predicted molar refractivity (Wildman–Crippen MR) is 84.0 cm³/mol. The lowest BCUT2D eigenvalue weighted by Gasteiger charge is -2.38. The predicted octanol–water partition coefficient (Wildman–Crippen LogP) is 3.25. The molecule has 0 heterocycles. The standard InChI is InChI=1S/C17H29O5/c1-6-10-17(22-14(5)19,15(7-2)13(4)18)11-9-12-21-16(20)8-3/h15H,2,6-12H2,1,3-5H3. The molecule has 0 saturated heterocycles.